The van der Waals surface area contributed by atoms with Gasteiger partial charge >= 0.3 is 0 Å². The number of imide groups is 1. The summed E-state index contributed by atoms with van der Waals surface area (Å²) in [4.78, 5) is 38.9. The van der Waals surface area contributed by atoms with Crippen molar-refractivity contribution in [3.63, 3.8) is 0 Å². The molecule has 4 rings (SSSR count). The first kappa shape index (κ1) is 28.4. The fourth-order valence-electron chi connectivity index (χ4n) is 5.42. The zero-order valence-electron chi connectivity index (χ0n) is 22.4. The summed E-state index contributed by atoms with van der Waals surface area (Å²) < 4.78 is 0. The molecule has 2 aliphatic rings. The number of aliphatic hydroxyl groups is 1. The number of para-hydroxylation sites is 1. The van der Waals surface area contributed by atoms with Crippen molar-refractivity contribution in [2.24, 2.45) is 5.92 Å². The monoisotopic (exact) mass is 534 g/mol. The molecule has 1 fully saturated rings. The number of anilines is 2. The van der Waals surface area contributed by atoms with Crippen LogP contribution in [0.4, 0.5) is 17.1 Å². The third kappa shape index (κ3) is 6.72. The van der Waals surface area contributed by atoms with Gasteiger partial charge in [0.1, 0.15) is 6.04 Å². The Bertz CT molecular complexity index is 1150. The molecule has 9 nitrogen and oxygen atoms in total. The molecule has 4 atom stereocenters. The van der Waals surface area contributed by atoms with Gasteiger partial charge in [0, 0.05) is 17.8 Å². The van der Waals surface area contributed by atoms with Gasteiger partial charge in [0.15, 0.2) is 0 Å². The molecular formula is C30H38N4O5. The van der Waals surface area contributed by atoms with E-state index in [2.05, 4.69) is 12.3 Å². The fraction of sp³-hybridized carbons (Fsp3) is 0.467. The van der Waals surface area contributed by atoms with Crippen molar-refractivity contribution in [1.82, 2.24) is 5.01 Å². The van der Waals surface area contributed by atoms with Crippen LogP contribution in [0.2, 0.25) is 0 Å². The molecule has 208 valence electrons. The summed E-state index contributed by atoms with van der Waals surface area (Å²) in [6, 6.07) is 13.3. The number of nitrogens with zero attached hydrogens (tertiary/aromatic N) is 3. The van der Waals surface area contributed by atoms with Crippen molar-refractivity contribution in [3.05, 3.63) is 76.9 Å². The second-order valence-electron chi connectivity index (χ2n) is 10.3. The minimum absolute atomic E-state index is 0.0504. The zero-order valence-corrected chi connectivity index (χ0v) is 22.4. The Morgan fingerprint density at radius 2 is 1.54 bits per heavy atom. The minimum Gasteiger partial charge on any atom is -0.391 e. The molecule has 0 unspecified atom stereocenters. The number of nitro groups is 1. The zero-order chi connectivity index (χ0) is 27.8. The van der Waals surface area contributed by atoms with E-state index in [1.807, 2.05) is 6.07 Å². The molecule has 9 heteroatoms. The van der Waals surface area contributed by atoms with Crippen molar-refractivity contribution >= 4 is 28.9 Å². The molecule has 2 amide bonds. The third-order valence-electron chi connectivity index (χ3n) is 7.55. The topological polar surface area (TPSA) is 116 Å². The molecule has 0 bridgehead atoms. The fourth-order valence-corrected chi connectivity index (χ4v) is 5.42. The highest BCUT2D eigenvalue weighted by atomic mass is 16.6. The Morgan fingerprint density at radius 3 is 2.18 bits per heavy atom. The van der Waals surface area contributed by atoms with E-state index in [1.54, 1.807) is 53.6 Å². The van der Waals surface area contributed by atoms with E-state index in [4.69, 9.17) is 0 Å². The molecule has 2 aliphatic heterocycles. The molecule has 0 spiro atoms. The Hall–Kier alpha value is -3.56. The molecule has 0 aliphatic carbocycles. The number of non-ortho nitro benzene ring substituents is 1. The normalized spacial score (nSPS) is 21.7. The number of benzene rings is 2. The summed E-state index contributed by atoms with van der Waals surface area (Å²) in [6.07, 6.45) is 12.6. The number of aliphatic hydroxyl groups excluding tert-OH is 1. The second-order valence-corrected chi connectivity index (χ2v) is 10.3. The predicted molar refractivity (Wildman–Crippen MR) is 151 cm³/mol. The van der Waals surface area contributed by atoms with Gasteiger partial charge in [-0.25, -0.2) is 9.91 Å². The number of carbonyl (C=O) groups excluding carboxylic acids is 2. The molecule has 2 aromatic carbocycles. The highest BCUT2D eigenvalue weighted by Crippen LogP contribution is 2.36. The Morgan fingerprint density at radius 1 is 0.897 bits per heavy atom. The summed E-state index contributed by atoms with van der Waals surface area (Å²) in [5, 5.41) is 24.0. The third-order valence-corrected chi connectivity index (χ3v) is 7.55. The van der Waals surface area contributed by atoms with E-state index < -0.39 is 29.0 Å². The molecule has 0 radical (unpaired) electrons. The van der Waals surface area contributed by atoms with Gasteiger partial charge in [-0.05, 0) is 30.7 Å². The average Bonchev–Trinajstić information content (AvgIpc) is 3.20. The molecule has 0 aromatic heterocycles. The summed E-state index contributed by atoms with van der Waals surface area (Å²) in [6.45, 7) is 2.21. The molecular weight excluding hydrogens is 496 g/mol. The number of carbonyl (C=O) groups is 2. The highest BCUT2D eigenvalue weighted by Gasteiger charge is 2.54. The predicted octanol–water partition coefficient (Wildman–Crippen LogP) is 5.61. The average molecular weight is 535 g/mol. The van der Waals surface area contributed by atoms with Crippen LogP contribution in [0.5, 0.6) is 0 Å². The maximum atomic E-state index is 13.7. The van der Waals surface area contributed by atoms with Crippen molar-refractivity contribution in [1.29, 1.82) is 0 Å². The van der Waals surface area contributed by atoms with E-state index in [-0.39, 0.29) is 17.5 Å². The number of hydrogen-bond acceptors (Lipinski definition) is 7. The number of nitro benzene ring substituents is 1. The standard InChI is InChI=1S/C30H38N4O5/c1-2-3-4-5-6-7-8-12-15-27(35)26-21-20-25-28(30(37)32(29(25)36)23-13-10-9-11-14-23)33(26)31-22-16-18-24(19-17-22)34(38)39/h9-11,13-14,16-21,25-28,31,35H,2-8,12,15H2,1H3/t25-,26+,27+,28+/m1/s1. The number of fused-ring (bicyclic) bond motifs is 1. The van der Waals surface area contributed by atoms with Crippen molar-refractivity contribution in [3.8, 4) is 0 Å². The lowest BCUT2D eigenvalue weighted by molar-refractivity contribution is -0.384. The first-order chi connectivity index (χ1) is 18.9. The first-order valence-corrected chi connectivity index (χ1v) is 14.0. The van der Waals surface area contributed by atoms with Gasteiger partial charge < -0.3 is 10.5 Å². The molecule has 39 heavy (non-hydrogen) atoms. The Balaban J connectivity index is 1.50. The van der Waals surface area contributed by atoms with Gasteiger partial charge in [-0.3, -0.25) is 19.7 Å². The van der Waals surface area contributed by atoms with Gasteiger partial charge in [-0.1, -0.05) is 88.6 Å². The molecule has 0 saturated carbocycles. The minimum atomic E-state index is -0.865. The molecule has 2 heterocycles. The Labute approximate surface area is 229 Å². The number of rotatable bonds is 14. The van der Waals surface area contributed by atoms with E-state index in [1.165, 1.54) is 49.1 Å². The highest BCUT2D eigenvalue weighted by molar-refractivity contribution is 6.24. The number of nitrogens with one attached hydrogen (secondary N) is 1. The van der Waals surface area contributed by atoms with Gasteiger partial charge in [-0.2, -0.15) is 0 Å². The van der Waals surface area contributed by atoms with Crippen LogP contribution in [0.25, 0.3) is 0 Å². The van der Waals surface area contributed by atoms with Crippen molar-refractivity contribution in [2.75, 3.05) is 10.3 Å². The number of hydrogen-bond donors (Lipinski definition) is 2. The van der Waals surface area contributed by atoms with Crippen molar-refractivity contribution < 1.29 is 19.6 Å². The van der Waals surface area contributed by atoms with E-state index in [0.29, 0.717) is 17.8 Å². The number of unbranched alkanes of at least 4 members (excludes halogenated alkanes) is 7. The van der Waals surface area contributed by atoms with Gasteiger partial charge in [0.25, 0.3) is 11.6 Å². The lowest BCUT2D eigenvalue weighted by Gasteiger charge is -2.40. The number of hydrazine groups is 1. The quantitative estimate of drug-likeness (QED) is 0.106. The second kappa shape index (κ2) is 13.5. The number of amides is 2. The smallest absolute Gasteiger partial charge is 0.269 e. The van der Waals surface area contributed by atoms with Crippen LogP contribution in [0.1, 0.15) is 64.7 Å². The molecule has 2 N–H and O–H groups in total. The lowest BCUT2D eigenvalue weighted by atomic mass is 9.91. The molecule has 2 aromatic rings. The van der Waals surface area contributed by atoms with Crippen LogP contribution in [-0.2, 0) is 9.59 Å². The van der Waals surface area contributed by atoms with Gasteiger partial charge in [-0.15, -0.1) is 0 Å². The van der Waals surface area contributed by atoms with Crippen LogP contribution in [0.15, 0.2) is 66.7 Å². The van der Waals surface area contributed by atoms with Gasteiger partial charge in [0.2, 0.25) is 5.91 Å². The van der Waals surface area contributed by atoms with E-state index >= 15 is 0 Å². The summed E-state index contributed by atoms with van der Waals surface area (Å²) in [7, 11) is 0. The lowest BCUT2D eigenvalue weighted by Crippen LogP contribution is -2.57. The largest absolute Gasteiger partial charge is 0.391 e. The maximum Gasteiger partial charge on any atom is 0.269 e. The summed E-state index contributed by atoms with van der Waals surface area (Å²) >= 11 is 0. The van der Waals surface area contributed by atoms with Crippen molar-refractivity contribution in [2.45, 2.75) is 82.9 Å². The van der Waals surface area contributed by atoms with E-state index in [0.717, 1.165) is 19.3 Å². The van der Waals surface area contributed by atoms with Crippen LogP contribution < -0.4 is 10.3 Å². The van der Waals surface area contributed by atoms with Crippen LogP contribution in [0.3, 0.4) is 0 Å². The first-order valence-electron chi connectivity index (χ1n) is 14.0. The Kier molecular flexibility index (Phi) is 9.84. The molecule has 1 saturated heterocycles. The van der Waals surface area contributed by atoms with E-state index in [9.17, 15) is 24.8 Å². The maximum absolute atomic E-state index is 13.7. The summed E-state index contributed by atoms with van der Waals surface area (Å²) in [5.41, 5.74) is 4.18. The SMILES string of the molecule is CCCCCCCCCC[C@H](O)[C@@H]1C=C[C@H]2C(=O)N(c3ccccc3)C(=O)[C@H]2N1Nc1ccc([N+](=O)[O-])cc1. The van der Waals surface area contributed by atoms with Crippen LogP contribution in [-0.4, -0.2) is 45.0 Å². The summed E-state index contributed by atoms with van der Waals surface area (Å²) in [5.74, 6) is -1.41. The van der Waals surface area contributed by atoms with Crippen LogP contribution in [0, 0.1) is 16.0 Å². The van der Waals surface area contributed by atoms with Gasteiger partial charge in [0.05, 0.1) is 28.7 Å². The van der Waals surface area contributed by atoms with Crippen LogP contribution >= 0.6 is 0 Å².